The number of benzene rings is 1. The van der Waals surface area contributed by atoms with Gasteiger partial charge in [0, 0.05) is 5.39 Å². The zero-order chi connectivity index (χ0) is 12.6. The Bertz CT molecular complexity index is 569. The Balaban J connectivity index is 2.51. The van der Waals surface area contributed by atoms with Crippen molar-refractivity contribution in [1.29, 1.82) is 0 Å². The average molecular weight is 281 g/mol. The van der Waals surface area contributed by atoms with Crippen molar-refractivity contribution in [1.82, 2.24) is 9.97 Å². The van der Waals surface area contributed by atoms with Crippen LogP contribution in [0.1, 0.15) is 5.56 Å². The van der Waals surface area contributed by atoms with Crippen LogP contribution in [0.2, 0.25) is 10.4 Å². The third kappa shape index (κ3) is 2.98. The molecule has 0 aliphatic heterocycles. The smallest absolute Gasteiger partial charge is 0.218 e. The number of hydrogen-bond acceptors (Lipinski definition) is 2. The molecule has 7 heteroatoms. The lowest BCUT2D eigenvalue weighted by atomic mass is 10.1. The van der Waals surface area contributed by atoms with E-state index < -0.39 is 12.6 Å². The van der Waals surface area contributed by atoms with Crippen molar-refractivity contribution >= 4 is 34.1 Å². The lowest BCUT2D eigenvalue weighted by Gasteiger charge is -2.07. The van der Waals surface area contributed by atoms with E-state index in [1.54, 1.807) is 0 Å². The highest BCUT2D eigenvalue weighted by Crippen LogP contribution is 2.26. The molecule has 1 heterocycles. The maximum absolute atomic E-state index is 12.2. The van der Waals surface area contributed by atoms with E-state index in [4.69, 9.17) is 23.2 Å². The van der Waals surface area contributed by atoms with Crippen LogP contribution in [0.3, 0.4) is 0 Å². The first-order chi connectivity index (χ1) is 7.85. The first-order valence-corrected chi connectivity index (χ1v) is 5.29. The van der Waals surface area contributed by atoms with E-state index in [1.807, 2.05) is 0 Å². The third-order valence-corrected chi connectivity index (χ3v) is 2.55. The Morgan fingerprint density at radius 3 is 2.47 bits per heavy atom. The quantitative estimate of drug-likeness (QED) is 0.582. The molecule has 2 rings (SSSR count). The fourth-order valence-corrected chi connectivity index (χ4v) is 1.90. The minimum atomic E-state index is -4.26. The predicted octanol–water partition coefficient (Wildman–Crippen LogP) is 4.04. The molecule has 90 valence electrons. The topological polar surface area (TPSA) is 25.8 Å². The number of hydrogen-bond donors (Lipinski definition) is 0. The van der Waals surface area contributed by atoms with Crippen LogP contribution >= 0.6 is 23.2 Å². The first kappa shape index (κ1) is 12.4. The monoisotopic (exact) mass is 280 g/mol. The molecular weight excluding hydrogens is 276 g/mol. The molecule has 0 unspecified atom stereocenters. The van der Waals surface area contributed by atoms with Gasteiger partial charge in [0.2, 0.25) is 5.28 Å². The Labute approximate surface area is 104 Å². The maximum Gasteiger partial charge on any atom is 0.393 e. The molecule has 0 amide bonds. The maximum atomic E-state index is 12.2. The van der Waals surface area contributed by atoms with Crippen molar-refractivity contribution in [3.8, 4) is 0 Å². The summed E-state index contributed by atoms with van der Waals surface area (Å²) in [5.74, 6) is 0. The van der Waals surface area contributed by atoms with Gasteiger partial charge in [0.05, 0.1) is 11.9 Å². The molecule has 0 atom stereocenters. The van der Waals surface area contributed by atoms with Crippen LogP contribution < -0.4 is 0 Å². The minimum Gasteiger partial charge on any atom is -0.218 e. The molecule has 1 aromatic heterocycles. The van der Waals surface area contributed by atoms with Crippen LogP contribution in [-0.2, 0) is 6.42 Å². The number of halogens is 5. The van der Waals surface area contributed by atoms with Crippen molar-refractivity contribution < 1.29 is 13.2 Å². The fourth-order valence-electron chi connectivity index (χ4n) is 1.45. The first-order valence-electron chi connectivity index (χ1n) is 4.53. The fraction of sp³-hybridized carbons (Fsp3) is 0.200. The van der Waals surface area contributed by atoms with Gasteiger partial charge in [-0.2, -0.15) is 13.2 Å². The predicted molar refractivity (Wildman–Crippen MR) is 59.3 cm³/mol. The lowest BCUT2D eigenvalue weighted by molar-refractivity contribution is -0.127. The number of fused-ring (bicyclic) bond motifs is 1. The van der Waals surface area contributed by atoms with Crippen molar-refractivity contribution in [3.05, 3.63) is 34.2 Å². The third-order valence-electron chi connectivity index (χ3n) is 2.09. The molecule has 0 N–H and O–H groups in total. The lowest BCUT2D eigenvalue weighted by Crippen LogP contribution is -2.11. The van der Waals surface area contributed by atoms with Crippen molar-refractivity contribution in [2.75, 3.05) is 0 Å². The number of rotatable bonds is 1. The molecule has 1 aromatic carbocycles. The summed E-state index contributed by atoms with van der Waals surface area (Å²) in [4.78, 5) is 7.54. The zero-order valence-electron chi connectivity index (χ0n) is 8.22. The summed E-state index contributed by atoms with van der Waals surface area (Å²) in [5.41, 5.74) is 0.527. The molecule has 0 aliphatic rings. The summed E-state index contributed by atoms with van der Waals surface area (Å²) in [5, 5.41) is 0.368. The molecule has 0 radical (unpaired) electrons. The van der Waals surface area contributed by atoms with Crippen molar-refractivity contribution in [2.45, 2.75) is 12.6 Å². The number of nitrogens with zero attached hydrogens (tertiary/aromatic N) is 2. The summed E-state index contributed by atoms with van der Waals surface area (Å²) >= 11 is 11.4. The van der Waals surface area contributed by atoms with Gasteiger partial charge in [-0.15, -0.1) is 0 Å². The summed E-state index contributed by atoms with van der Waals surface area (Å²) in [6.07, 6.45) is -5.27. The second kappa shape index (κ2) is 4.31. The van der Waals surface area contributed by atoms with Gasteiger partial charge >= 0.3 is 6.18 Å². The van der Waals surface area contributed by atoms with Crippen LogP contribution in [-0.4, -0.2) is 16.1 Å². The molecule has 0 spiro atoms. The minimum absolute atomic E-state index is 0.0360. The van der Waals surface area contributed by atoms with Crippen LogP contribution in [0, 0.1) is 0 Å². The van der Waals surface area contributed by atoms with Gasteiger partial charge in [-0.1, -0.05) is 17.7 Å². The van der Waals surface area contributed by atoms with E-state index in [0.717, 1.165) is 0 Å². The summed E-state index contributed by atoms with van der Waals surface area (Å²) < 4.78 is 36.7. The molecule has 0 saturated carbocycles. The van der Waals surface area contributed by atoms with Gasteiger partial charge in [-0.25, -0.2) is 9.97 Å². The normalized spacial score (nSPS) is 12.1. The molecule has 2 nitrogen and oxygen atoms in total. The van der Waals surface area contributed by atoms with E-state index in [9.17, 15) is 13.2 Å². The van der Waals surface area contributed by atoms with Crippen LogP contribution in [0.5, 0.6) is 0 Å². The largest absolute Gasteiger partial charge is 0.393 e. The van der Waals surface area contributed by atoms with Crippen LogP contribution in [0.25, 0.3) is 10.9 Å². The SMILES string of the molecule is FC(F)(F)Cc1ccc2nc(Cl)nc(Cl)c2c1. The van der Waals surface area contributed by atoms with Crippen LogP contribution in [0.4, 0.5) is 13.2 Å². The van der Waals surface area contributed by atoms with Gasteiger partial charge in [-0.3, -0.25) is 0 Å². The molecule has 17 heavy (non-hydrogen) atoms. The van der Waals surface area contributed by atoms with Gasteiger partial charge in [0.25, 0.3) is 0 Å². The van der Waals surface area contributed by atoms with Gasteiger partial charge in [0.1, 0.15) is 5.15 Å². The van der Waals surface area contributed by atoms with Crippen molar-refractivity contribution in [2.24, 2.45) is 0 Å². The molecule has 0 bridgehead atoms. The second-order valence-electron chi connectivity index (χ2n) is 3.43. The van der Waals surface area contributed by atoms with Gasteiger partial charge in [0.15, 0.2) is 0 Å². The van der Waals surface area contributed by atoms with E-state index >= 15 is 0 Å². The Morgan fingerprint density at radius 1 is 1.12 bits per heavy atom. The van der Waals surface area contributed by atoms with Crippen LogP contribution in [0.15, 0.2) is 18.2 Å². The summed E-state index contributed by atoms with van der Waals surface area (Å²) in [7, 11) is 0. The highest BCUT2D eigenvalue weighted by molar-refractivity contribution is 6.35. The van der Waals surface area contributed by atoms with Crippen molar-refractivity contribution in [3.63, 3.8) is 0 Å². The zero-order valence-corrected chi connectivity index (χ0v) is 9.74. The van der Waals surface area contributed by atoms with E-state index in [1.165, 1.54) is 18.2 Å². The Kier molecular flexibility index (Phi) is 3.14. The number of aromatic nitrogens is 2. The van der Waals surface area contributed by atoms with E-state index in [2.05, 4.69) is 9.97 Å². The molecular formula is C10H5Cl2F3N2. The Morgan fingerprint density at radius 2 is 1.82 bits per heavy atom. The second-order valence-corrected chi connectivity index (χ2v) is 4.12. The van der Waals surface area contributed by atoms with Gasteiger partial charge < -0.3 is 0 Å². The molecule has 0 aliphatic carbocycles. The standard InChI is InChI=1S/C10H5Cl2F3N2/c11-8-6-3-5(4-10(13,14)15)1-2-7(6)16-9(12)17-8/h1-3H,4H2. The number of alkyl halides is 3. The Hall–Kier alpha value is -1.07. The van der Waals surface area contributed by atoms with E-state index in [0.29, 0.717) is 10.9 Å². The molecule has 0 fully saturated rings. The van der Waals surface area contributed by atoms with Gasteiger partial charge in [-0.05, 0) is 29.3 Å². The molecule has 2 aromatic rings. The average Bonchev–Trinajstić information content (AvgIpc) is 2.16. The highest BCUT2D eigenvalue weighted by atomic mass is 35.5. The summed E-state index contributed by atoms with van der Waals surface area (Å²) in [6.45, 7) is 0. The highest BCUT2D eigenvalue weighted by Gasteiger charge is 2.27. The molecule has 0 saturated heterocycles. The van der Waals surface area contributed by atoms with E-state index in [-0.39, 0.29) is 16.0 Å². The summed E-state index contributed by atoms with van der Waals surface area (Å²) in [6, 6.07) is 4.10.